The molecule has 2 unspecified atom stereocenters. The van der Waals surface area contributed by atoms with E-state index in [1.807, 2.05) is 19.1 Å². The van der Waals surface area contributed by atoms with Crippen LogP contribution in [0.15, 0.2) is 12.2 Å². The molecule has 76 valence electrons. The smallest absolute Gasteiger partial charge is 0.303 e. The Bertz CT molecular complexity index is 173. The van der Waals surface area contributed by atoms with Crippen molar-refractivity contribution in [3.05, 3.63) is 12.2 Å². The fourth-order valence-corrected chi connectivity index (χ4v) is 0.832. The molecule has 0 aliphatic rings. The van der Waals surface area contributed by atoms with E-state index in [0.717, 1.165) is 6.42 Å². The minimum absolute atomic E-state index is 0.180. The maximum absolute atomic E-state index is 10.1. The van der Waals surface area contributed by atoms with Gasteiger partial charge in [0.2, 0.25) is 0 Å². The second-order valence-corrected chi connectivity index (χ2v) is 3.36. The average Bonchev–Trinajstić information content (AvgIpc) is 2.02. The molecule has 0 heterocycles. The molecule has 0 aliphatic carbocycles. The van der Waals surface area contributed by atoms with Gasteiger partial charge in [-0.15, -0.1) is 0 Å². The van der Waals surface area contributed by atoms with E-state index in [1.165, 1.54) is 0 Å². The summed E-state index contributed by atoms with van der Waals surface area (Å²) in [5.41, 5.74) is 0. The van der Waals surface area contributed by atoms with Crippen LogP contribution >= 0.6 is 0 Å². The summed E-state index contributed by atoms with van der Waals surface area (Å²) >= 11 is 0. The first-order chi connectivity index (χ1) is 6.04. The quantitative estimate of drug-likeness (QED) is 0.622. The number of hydrogen-bond donors (Lipinski definition) is 2. The van der Waals surface area contributed by atoms with E-state index in [2.05, 4.69) is 0 Å². The Balaban J connectivity index is 3.46. The highest BCUT2D eigenvalue weighted by molar-refractivity contribution is 5.66. The third-order valence-corrected chi connectivity index (χ3v) is 2.02. The van der Waals surface area contributed by atoms with Crippen LogP contribution in [0.2, 0.25) is 0 Å². The van der Waals surface area contributed by atoms with Crippen LogP contribution < -0.4 is 0 Å². The first-order valence-corrected chi connectivity index (χ1v) is 4.59. The van der Waals surface area contributed by atoms with Crippen LogP contribution in [-0.4, -0.2) is 22.3 Å². The van der Waals surface area contributed by atoms with Crippen molar-refractivity contribution in [1.29, 1.82) is 0 Å². The van der Waals surface area contributed by atoms with Crippen LogP contribution in [0.3, 0.4) is 0 Å². The van der Waals surface area contributed by atoms with Crippen LogP contribution in [0.25, 0.3) is 0 Å². The third-order valence-electron chi connectivity index (χ3n) is 2.02. The molecule has 0 aromatic carbocycles. The van der Waals surface area contributed by atoms with Gasteiger partial charge in [-0.05, 0) is 25.7 Å². The highest BCUT2D eigenvalue weighted by atomic mass is 16.4. The summed E-state index contributed by atoms with van der Waals surface area (Å²) in [4.78, 5) is 10.1. The van der Waals surface area contributed by atoms with Crippen molar-refractivity contribution in [2.24, 2.45) is 5.92 Å². The Labute approximate surface area is 79.1 Å². The molecule has 0 saturated carbocycles. The SMILES string of the molecule is CC(O)C(C)CC=CCCC(=O)O. The molecule has 0 aliphatic heterocycles. The molecule has 0 amide bonds. The fourth-order valence-electron chi connectivity index (χ4n) is 0.832. The Morgan fingerprint density at radius 3 is 2.46 bits per heavy atom. The number of rotatable bonds is 6. The predicted molar refractivity (Wildman–Crippen MR) is 51.5 cm³/mol. The second-order valence-electron chi connectivity index (χ2n) is 3.36. The van der Waals surface area contributed by atoms with E-state index >= 15 is 0 Å². The standard InChI is InChI=1S/C10H18O3/c1-8(9(2)11)6-4-3-5-7-10(12)13/h3-4,8-9,11H,5-7H2,1-2H3,(H,12,13). The van der Waals surface area contributed by atoms with Crippen molar-refractivity contribution in [3.63, 3.8) is 0 Å². The lowest BCUT2D eigenvalue weighted by Gasteiger charge is -2.10. The normalized spacial score (nSPS) is 15.9. The van der Waals surface area contributed by atoms with E-state index in [9.17, 15) is 4.79 Å². The highest BCUT2D eigenvalue weighted by Crippen LogP contribution is 2.08. The third kappa shape index (κ3) is 7.53. The molecule has 3 nitrogen and oxygen atoms in total. The Kier molecular flexibility index (Phi) is 6.24. The van der Waals surface area contributed by atoms with Crippen molar-refractivity contribution < 1.29 is 15.0 Å². The van der Waals surface area contributed by atoms with Crippen molar-refractivity contribution in [3.8, 4) is 0 Å². The predicted octanol–water partition coefficient (Wildman–Crippen LogP) is 1.81. The zero-order valence-corrected chi connectivity index (χ0v) is 8.23. The van der Waals surface area contributed by atoms with E-state index in [-0.39, 0.29) is 18.4 Å². The first kappa shape index (κ1) is 12.2. The second kappa shape index (κ2) is 6.66. The molecule has 0 aromatic rings. The molecular weight excluding hydrogens is 168 g/mol. The van der Waals surface area contributed by atoms with Gasteiger partial charge in [-0.25, -0.2) is 0 Å². The van der Waals surface area contributed by atoms with Crippen molar-refractivity contribution >= 4 is 5.97 Å². The summed E-state index contributed by atoms with van der Waals surface area (Å²) in [7, 11) is 0. The van der Waals surface area contributed by atoms with E-state index in [0.29, 0.717) is 6.42 Å². The number of carboxylic acid groups (broad SMARTS) is 1. The Morgan fingerprint density at radius 1 is 1.38 bits per heavy atom. The van der Waals surface area contributed by atoms with Crippen LogP contribution in [-0.2, 0) is 4.79 Å². The molecule has 3 heteroatoms. The van der Waals surface area contributed by atoms with Gasteiger partial charge in [-0.3, -0.25) is 4.79 Å². The zero-order chi connectivity index (χ0) is 10.3. The number of carbonyl (C=O) groups is 1. The van der Waals surface area contributed by atoms with Gasteiger partial charge in [0.05, 0.1) is 6.10 Å². The highest BCUT2D eigenvalue weighted by Gasteiger charge is 2.05. The monoisotopic (exact) mass is 186 g/mol. The molecule has 0 radical (unpaired) electrons. The maximum Gasteiger partial charge on any atom is 0.303 e. The molecule has 0 rings (SSSR count). The molecule has 13 heavy (non-hydrogen) atoms. The number of carboxylic acids is 1. The lowest BCUT2D eigenvalue weighted by molar-refractivity contribution is -0.136. The van der Waals surface area contributed by atoms with Gasteiger partial charge < -0.3 is 10.2 Å². The van der Waals surface area contributed by atoms with Gasteiger partial charge in [-0.1, -0.05) is 19.1 Å². The van der Waals surface area contributed by atoms with Gasteiger partial charge in [0.1, 0.15) is 0 Å². The van der Waals surface area contributed by atoms with Gasteiger partial charge in [0.25, 0.3) is 0 Å². The molecule has 0 spiro atoms. The van der Waals surface area contributed by atoms with Crippen molar-refractivity contribution in [2.45, 2.75) is 39.2 Å². The molecule has 2 N–H and O–H groups in total. The van der Waals surface area contributed by atoms with Crippen molar-refractivity contribution in [1.82, 2.24) is 0 Å². The molecule has 0 fully saturated rings. The van der Waals surface area contributed by atoms with E-state index in [4.69, 9.17) is 10.2 Å². The Morgan fingerprint density at radius 2 is 2.00 bits per heavy atom. The summed E-state index contributed by atoms with van der Waals surface area (Å²) in [6.45, 7) is 3.72. The van der Waals surface area contributed by atoms with Gasteiger partial charge in [0, 0.05) is 6.42 Å². The van der Waals surface area contributed by atoms with Gasteiger partial charge in [0.15, 0.2) is 0 Å². The van der Waals surface area contributed by atoms with Gasteiger partial charge in [-0.2, -0.15) is 0 Å². The Hall–Kier alpha value is -0.830. The summed E-state index contributed by atoms with van der Waals surface area (Å²) < 4.78 is 0. The van der Waals surface area contributed by atoms with E-state index < -0.39 is 5.97 Å². The first-order valence-electron chi connectivity index (χ1n) is 4.59. The minimum atomic E-state index is -0.770. The maximum atomic E-state index is 10.1. The van der Waals surface area contributed by atoms with Crippen LogP contribution in [0.5, 0.6) is 0 Å². The molecule has 0 saturated heterocycles. The molecular formula is C10H18O3. The largest absolute Gasteiger partial charge is 0.481 e. The van der Waals surface area contributed by atoms with Crippen LogP contribution in [0, 0.1) is 5.92 Å². The molecule has 0 aromatic heterocycles. The van der Waals surface area contributed by atoms with Crippen molar-refractivity contribution in [2.75, 3.05) is 0 Å². The summed E-state index contributed by atoms with van der Waals surface area (Å²) in [5.74, 6) is -0.533. The van der Waals surface area contributed by atoms with Gasteiger partial charge >= 0.3 is 5.97 Å². The van der Waals surface area contributed by atoms with Crippen LogP contribution in [0.4, 0.5) is 0 Å². The topological polar surface area (TPSA) is 57.5 Å². The average molecular weight is 186 g/mol. The zero-order valence-electron chi connectivity index (χ0n) is 8.23. The molecule has 2 atom stereocenters. The number of aliphatic hydroxyl groups excluding tert-OH is 1. The summed E-state index contributed by atoms with van der Waals surface area (Å²) in [5, 5.41) is 17.5. The lowest BCUT2D eigenvalue weighted by atomic mass is 10.0. The lowest BCUT2D eigenvalue weighted by Crippen LogP contribution is -2.11. The number of aliphatic carboxylic acids is 1. The van der Waals surface area contributed by atoms with E-state index in [1.54, 1.807) is 6.92 Å². The number of aliphatic hydroxyl groups is 1. The summed E-state index contributed by atoms with van der Waals surface area (Å²) in [6, 6.07) is 0. The minimum Gasteiger partial charge on any atom is -0.481 e. The number of allylic oxidation sites excluding steroid dienone is 2. The van der Waals surface area contributed by atoms with Crippen LogP contribution in [0.1, 0.15) is 33.1 Å². The fraction of sp³-hybridized carbons (Fsp3) is 0.700. The molecule has 0 bridgehead atoms. The number of hydrogen-bond acceptors (Lipinski definition) is 2. The summed E-state index contributed by atoms with van der Waals surface area (Å²) in [6.07, 6.45) is 5.04.